The van der Waals surface area contributed by atoms with Gasteiger partial charge in [0.05, 0.1) is 12.6 Å². The van der Waals surface area contributed by atoms with Crippen molar-refractivity contribution < 1.29 is 4.79 Å². The molecule has 0 atom stereocenters. The molecule has 0 aliphatic rings. The summed E-state index contributed by atoms with van der Waals surface area (Å²) in [5, 5.41) is 10.3. The maximum absolute atomic E-state index is 11.8. The number of amides is 1. The van der Waals surface area contributed by atoms with Crippen molar-refractivity contribution in [3.63, 3.8) is 0 Å². The number of nitrogens with one attached hydrogen (secondary N) is 3. The molecule has 5 nitrogen and oxygen atoms in total. The number of aromatic nitrogens is 3. The van der Waals surface area contributed by atoms with Gasteiger partial charge in [0.15, 0.2) is 0 Å². The number of fused-ring (bicyclic) bond motifs is 1. The van der Waals surface area contributed by atoms with E-state index in [0.29, 0.717) is 12.2 Å². The van der Waals surface area contributed by atoms with Gasteiger partial charge in [-0.25, -0.2) is 0 Å². The van der Waals surface area contributed by atoms with Gasteiger partial charge in [0.1, 0.15) is 5.82 Å². The number of nitrogens with zero attached hydrogens (tertiary/aromatic N) is 1. The van der Waals surface area contributed by atoms with Crippen molar-refractivity contribution in [2.45, 2.75) is 6.42 Å². The van der Waals surface area contributed by atoms with E-state index in [4.69, 9.17) is 0 Å². The molecule has 3 rings (SSSR count). The Morgan fingerprint density at radius 2 is 2.17 bits per heavy atom. The molecule has 18 heavy (non-hydrogen) atoms. The fraction of sp³-hybridized carbons (Fsp3) is 0.0769. The van der Waals surface area contributed by atoms with E-state index >= 15 is 0 Å². The lowest BCUT2D eigenvalue weighted by molar-refractivity contribution is -0.115. The highest BCUT2D eigenvalue weighted by molar-refractivity contribution is 5.92. The third kappa shape index (κ3) is 2.10. The normalized spacial score (nSPS) is 10.7. The van der Waals surface area contributed by atoms with Crippen molar-refractivity contribution in [3.8, 4) is 0 Å². The van der Waals surface area contributed by atoms with Gasteiger partial charge in [-0.2, -0.15) is 5.10 Å². The van der Waals surface area contributed by atoms with Crippen LogP contribution in [0.2, 0.25) is 0 Å². The summed E-state index contributed by atoms with van der Waals surface area (Å²) in [6, 6.07) is 11.6. The molecule has 0 fully saturated rings. The Morgan fingerprint density at radius 3 is 2.94 bits per heavy atom. The van der Waals surface area contributed by atoms with E-state index in [2.05, 4.69) is 20.5 Å². The Bertz CT molecular complexity index is 636. The maximum Gasteiger partial charge on any atom is 0.231 e. The molecule has 0 unspecified atom stereocenters. The first kappa shape index (κ1) is 10.6. The summed E-state index contributed by atoms with van der Waals surface area (Å²) < 4.78 is 0. The first-order valence-electron chi connectivity index (χ1n) is 5.67. The van der Waals surface area contributed by atoms with Crippen LogP contribution in [0.5, 0.6) is 0 Å². The standard InChI is InChI=1S/C13H12N4O/c18-13(16-12-5-6-14-17-12)8-10-7-9-3-1-2-4-11(9)15-10/h1-7,15H,8H2,(H2,14,16,17,18). The molecule has 0 radical (unpaired) electrons. The van der Waals surface area contributed by atoms with Crippen LogP contribution in [0.4, 0.5) is 5.82 Å². The fourth-order valence-electron chi connectivity index (χ4n) is 1.92. The van der Waals surface area contributed by atoms with Crippen molar-refractivity contribution in [3.05, 3.63) is 48.3 Å². The zero-order chi connectivity index (χ0) is 12.4. The number of carbonyl (C=O) groups is 1. The van der Waals surface area contributed by atoms with E-state index in [1.165, 1.54) is 0 Å². The van der Waals surface area contributed by atoms with Gasteiger partial charge in [0.25, 0.3) is 0 Å². The summed E-state index contributed by atoms with van der Waals surface area (Å²) >= 11 is 0. The van der Waals surface area contributed by atoms with Gasteiger partial charge >= 0.3 is 0 Å². The first-order chi connectivity index (χ1) is 8.81. The van der Waals surface area contributed by atoms with E-state index in [9.17, 15) is 4.79 Å². The van der Waals surface area contributed by atoms with Crippen LogP contribution < -0.4 is 5.32 Å². The van der Waals surface area contributed by atoms with E-state index in [-0.39, 0.29) is 5.91 Å². The minimum Gasteiger partial charge on any atom is -0.358 e. The summed E-state index contributed by atoms with van der Waals surface area (Å²) in [6.45, 7) is 0. The predicted octanol–water partition coefficient (Wildman–Crippen LogP) is 2.07. The van der Waals surface area contributed by atoms with E-state index in [1.807, 2.05) is 30.3 Å². The van der Waals surface area contributed by atoms with Crippen LogP contribution >= 0.6 is 0 Å². The van der Waals surface area contributed by atoms with Gasteiger partial charge in [-0.3, -0.25) is 9.89 Å². The number of para-hydroxylation sites is 1. The van der Waals surface area contributed by atoms with Crippen LogP contribution in [0, 0.1) is 0 Å². The largest absolute Gasteiger partial charge is 0.358 e. The molecule has 1 amide bonds. The molecule has 2 aromatic heterocycles. The summed E-state index contributed by atoms with van der Waals surface area (Å²) in [5.41, 5.74) is 1.94. The van der Waals surface area contributed by atoms with Crippen LogP contribution in [0.3, 0.4) is 0 Å². The van der Waals surface area contributed by atoms with Gasteiger partial charge in [-0.05, 0) is 17.5 Å². The zero-order valence-electron chi connectivity index (χ0n) is 9.60. The number of benzene rings is 1. The molecular formula is C13H12N4O. The van der Waals surface area contributed by atoms with Gasteiger partial charge in [-0.15, -0.1) is 0 Å². The van der Waals surface area contributed by atoms with Crippen LogP contribution in [0.15, 0.2) is 42.6 Å². The summed E-state index contributed by atoms with van der Waals surface area (Å²) in [5.74, 6) is 0.530. The highest BCUT2D eigenvalue weighted by atomic mass is 16.1. The molecule has 0 aliphatic heterocycles. The number of aromatic amines is 2. The number of rotatable bonds is 3. The molecule has 2 heterocycles. The molecule has 0 saturated carbocycles. The Labute approximate surface area is 103 Å². The van der Waals surface area contributed by atoms with Crippen LogP contribution in [0.1, 0.15) is 5.69 Å². The van der Waals surface area contributed by atoms with Gasteiger partial charge < -0.3 is 10.3 Å². The number of H-pyrrole nitrogens is 2. The Morgan fingerprint density at radius 1 is 1.28 bits per heavy atom. The van der Waals surface area contributed by atoms with E-state index < -0.39 is 0 Å². The number of hydrogen-bond acceptors (Lipinski definition) is 2. The van der Waals surface area contributed by atoms with Gasteiger partial charge in [-0.1, -0.05) is 18.2 Å². The van der Waals surface area contributed by atoms with Crippen LogP contribution in [-0.4, -0.2) is 21.1 Å². The molecule has 90 valence electrons. The molecule has 0 spiro atoms. The highest BCUT2D eigenvalue weighted by Gasteiger charge is 2.07. The fourth-order valence-corrected chi connectivity index (χ4v) is 1.92. The van der Waals surface area contributed by atoms with Crippen molar-refractivity contribution in [2.75, 3.05) is 5.32 Å². The van der Waals surface area contributed by atoms with Crippen molar-refractivity contribution in [1.29, 1.82) is 0 Å². The Balaban J connectivity index is 1.74. The minimum absolute atomic E-state index is 0.0780. The smallest absolute Gasteiger partial charge is 0.231 e. The van der Waals surface area contributed by atoms with Crippen molar-refractivity contribution in [1.82, 2.24) is 15.2 Å². The third-order valence-corrected chi connectivity index (χ3v) is 2.71. The third-order valence-electron chi connectivity index (χ3n) is 2.71. The highest BCUT2D eigenvalue weighted by Crippen LogP contribution is 2.15. The molecule has 3 aromatic rings. The van der Waals surface area contributed by atoms with Gasteiger partial charge in [0, 0.05) is 17.3 Å². The molecule has 0 bridgehead atoms. The Kier molecular flexibility index (Phi) is 2.57. The quantitative estimate of drug-likeness (QED) is 0.655. The first-order valence-corrected chi connectivity index (χ1v) is 5.67. The van der Waals surface area contributed by atoms with Crippen LogP contribution in [-0.2, 0) is 11.2 Å². The predicted molar refractivity (Wildman–Crippen MR) is 69.2 cm³/mol. The topological polar surface area (TPSA) is 73.6 Å². The number of carbonyl (C=O) groups excluding carboxylic acids is 1. The molecule has 0 aliphatic carbocycles. The molecule has 1 aromatic carbocycles. The molecule has 5 heteroatoms. The van der Waals surface area contributed by atoms with Gasteiger partial charge in [0.2, 0.25) is 5.91 Å². The van der Waals surface area contributed by atoms with Crippen LogP contribution in [0.25, 0.3) is 10.9 Å². The summed E-state index contributed by atoms with van der Waals surface area (Å²) in [6.07, 6.45) is 1.91. The summed E-state index contributed by atoms with van der Waals surface area (Å²) in [4.78, 5) is 15.0. The minimum atomic E-state index is -0.0780. The zero-order valence-corrected chi connectivity index (χ0v) is 9.60. The maximum atomic E-state index is 11.8. The lowest BCUT2D eigenvalue weighted by atomic mass is 10.2. The molecule has 0 saturated heterocycles. The Hall–Kier alpha value is -2.56. The lowest BCUT2D eigenvalue weighted by Crippen LogP contribution is -2.14. The number of anilines is 1. The average molecular weight is 240 g/mol. The average Bonchev–Trinajstić information content (AvgIpc) is 2.96. The van der Waals surface area contributed by atoms with Crippen molar-refractivity contribution in [2.24, 2.45) is 0 Å². The second-order valence-electron chi connectivity index (χ2n) is 4.08. The SMILES string of the molecule is O=C(Cc1cc2ccccc2[nH]1)Nc1ccn[nH]1. The second-order valence-corrected chi connectivity index (χ2v) is 4.08. The van der Waals surface area contributed by atoms with Crippen molar-refractivity contribution >= 4 is 22.6 Å². The van der Waals surface area contributed by atoms with E-state index in [1.54, 1.807) is 12.3 Å². The number of hydrogen-bond donors (Lipinski definition) is 3. The van der Waals surface area contributed by atoms with E-state index in [0.717, 1.165) is 16.6 Å². The second kappa shape index (κ2) is 4.37. The summed E-state index contributed by atoms with van der Waals surface area (Å²) in [7, 11) is 0. The molecular weight excluding hydrogens is 228 g/mol. The monoisotopic (exact) mass is 240 g/mol. The molecule has 3 N–H and O–H groups in total. The lowest BCUT2D eigenvalue weighted by Gasteiger charge is -2.00.